The van der Waals surface area contributed by atoms with Crippen molar-refractivity contribution in [2.45, 2.75) is 47.1 Å². The predicted octanol–water partition coefficient (Wildman–Crippen LogP) is 2.58. The molecule has 3 rings (SSSR count). The minimum atomic E-state index is -0.688. The van der Waals surface area contributed by atoms with E-state index in [0.29, 0.717) is 35.8 Å². The first-order valence-electron chi connectivity index (χ1n) is 10.6. The summed E-state index contributed by atoms with van der Waals surface area (Å²) in [7, 11) is 0. The first-order valence-corrected chi connectivity index (χ1v) is 10.6. The summed E-state index contributed by atoms with van der Waals surface area (Å²) in [6.07, 6.45) is 1.56. The van der Waals surface area contributed by atoms with E-state index in [0.717, 1.165) is 6.42 Å². The molecule has 0 spiro atoms. The lowest BCUT2D eigenvalue weighted by Crippen LogP contribution is -2.42. The molecule has 0 unspecified atom stereocenters. The van der Waals surface area contributed by atoms with E-state index in [9.17, 15) is 14.4 Å². The van der Waals surface area contributed by atoms with Crippen molar-refractivity contribution in [3.05, 3.63) is 56.5 Å². The molecular formula is C22H28N6O4. The number of hydrogen-bond acceptors (Lipinski definition) is 7. The van der Waals surface area contributed by atoms with Gasteiger partial charge >= 0.3 is 5.69 Å². The molecule has 0 aliphatic carbocycles. The summed E-state index contributed by atoms with van der Waals surface area (Å²) in [4.78, 5) is 46.2. The second kappa shape index (κ2) is 9.63. The van der Waals surface area contributed by atoms with Crippen LogP contribution in [0.5, 0.6) is 0 Å². The molecule has 170 valence electrons. The number of H-pyrrole nitrogens is 1. The summed E-state index contributed by atoms with van der Waals surface area (Å²) < 4.78 is 6.46. The van der Waals surface area contributed by atoms with Gasteiger partial charge in [-0.15, -0.1) is 0 Å². The molecule has 1 aromatic carbocycles. The highest BCUT2D eigenvalue weighted by molar-refractivity contribution is 6.07. The van der Waals surface area contributed by atoms with E-state index in [1.54, 1.807) is 31.2 Å². The lowest BCUT2D eigenvalue weighted by molar-refractivity contribution is 0.0983. The van der Waals surface area contributed by atoms with Crippen LogP contribution in [-0.2, 0) is 6.54 Å². The van der Waals surface area contributed by atoms with Crippen LogP contribution in [0.2, 0.25) is 0 Å². The fourth-order valence-corrected chi connectivity index (χ4v) is 3.34. The van der Waals surface area contributed by atoms with Crippen LogP contribution in [0, 0.1) is 12.8 Å². The van der Waals surface area contributed by atoms with E-state index >= 15 is 0 Å². The normalized spacial score (nSPS) is 11.2. The third kappa shape index (κ3) is 4.79. The number of nitrogens with one attached hydrogen (secondary N) is 1. The van der Waals surface area contributed by atoms with Crippen molar-refractivity contribution < 1.29 is 9.32 Å². The van der Waals surface area contributed by atoms with Gasteiger partial charge in [-0.25, -0.2) is 4.79 Å². The van der Waals surface area contributed by atoms with E-state index < -0.39 is 17.2 Å². The highest BCUT2D eigenvalue weighted by atomic mass is 16.5. The van der Waals surface area contributed by atoms with E-state index in [2.05, 4.69) is 15.1 Å². The lowest BCUT2D eigenvalue weighted by Gasteiger charge is -2.26. The number of aromatic nitrogens is 4. The van der Waals surface area contributed by atoms with Crippen LogP contribution in [0.15, 0.2) is 38.4 Å². The fraction of sp³-hybridized carbons (Fsp3) is 0.409. The van der Waals surface area contributed by atoms with Gasteiger partial charge in [-0.05, 0) is 43.5 Å². The zero-order valence-electron chi connectivity index (χ0n) is 18.7. The molecule has 2 aromatic heterocycles. The largest absolute Gasteiger partial charge is 0.383 e. The number of carbonyl (C=O) groups is 1. The van der Waals surface area contributed by atoms with Crippen LogP contribution in [0.4, 0.5) is 11.5 Å². The Bertz CT molecular complexity index is 1210. The summed E-state index contributed by atoms with van der Waals surface area (Å²) in [5.74, 6) is 0.499. The molecule has 10 nitrogen and oxygen atoms in total. The summed E-state index contributed by atoms with van der Waals surface area (Å²) in [6.45, 7) is 8.17. The Morgan fingerprint density at radius 1 is 1.25 bits per heavy atom. The van der Waals surface area contributed by atoms with Crippen LogP contribution >= 0.6 is 0 Å². The Labute approximate surface area is 185 Å². The Kier molecular flexibility index (Phi) is 6.92. The highest BCUT2D eigenvalue weighted by Crippen LogP contribution is 2.23. The molecule has 0 bridgehead atoms. The summed E-state index contributed by atoms with van der Waals surface area (Å²) >= 11 is 0. The SMILES string of the molecule is CCCCn1c(N)c(N(CC(C)C)C(=O)c2ccc(-c3nc(C)no3)cc2)c(=O)[nH]c1=O. The zero-order chi connectivity index (χ0) is 23.4. The maximum atomic E-state index is 13.4. The summed E-state index contributed by atoms with van der Waals surface area (Å²) in [5, 5.41) is 3.77. The summed E-state index contributed by atoms with van der Waals surface area (Å²) in [6, 6.07) is 6.65. The number of unbranched alkanes of at least 4 members (excludes halogenated alkanes) is 1. The maximum absolute atomic E-state index is 13.4. The van der Waals surface area contributed by atoms with E-state index in [4.69, 9.17) is 10.3 Å². The van der Waals surface area contributed by atoms with Crippen molar-refractivity contribution in [2.24, 2.45) is 5.92 Å². The van der Waals surface area contributed by atoms with Crippen molar-refractivity contribution in [3.63, 3.8) is 0 Å². The molecule has 2 heterocycles. The Morgan fingerprint density at radius 2 is 1.94 bits per heavy atom. The number of anilines is 2. The van der Waals surface area contributed by atoms with Gasteiger partial charge in [0.25, 0.3) is 17.4 Å². The van der Waals surface area contributed by atoms with Gasteiger partial charge in [0.05, 0.1) is 0 Å². The molecule has 0 aliphatic heterocycles. The Balaban J connectivity index is 2.02. The second-order valence-corrected chi connectivity index (χ2v) is 8.03. The lowest BCUT2D eigenvalue weighted by atomic mass is 10.1. The van der Waals surface area contributed by atoms with Gasteiger partial charge in [0.15, 0.2) is 11.5 Å². The number of amides is 1. The smallest absolute Gasteiger partial charge is 0.330 e. The van der Waals surface area contributed by atoms with Gasteiger partial charge in [0, 0.05) is 24.2 Å². The van der Waals surface area contributed by atoms with Crippen molar-refractivity contribution in [1.82, 2.24) is 19.7 Å². The molecule has 3 aromatic rings. The number of hydrogen-bond donors (Lipinski definition) is 2. The molecule has 32 heavy (non-hydrogen) atoms. The Hall–Kier alpha value is -3.69. The van der Waals surface area contributed by atoms with Crippen molar-refractivity contribution in [1.29, 1.82) is 0 Å². The average molecular weight is 441 g/mol. The van der Waals surface area contributed by atoms with Crippen molar-refractivity contribution >= 4 is 17.4 Å². The first kappa shape index (κ1) is 23.0. The number of nitrogen functional groups attached to an aromatic ring is 1. The van der Waals surface area contributed by atoms with Gasteiger partial charge < -0.3 is 15.2 Å². The molecule has 0 atom stereocenters. The van der Waals surface area contributed by atoms with Crippen molar-refractivity contribution in [3.8, 4) is 11.5 Å². The maximum Gasteiger partial charge on any atom is 0.330 e. The standard InChI is InChI=1S/C22H28N6O4/c1-5-6-11-27-18(23)17(19(29)25-22(27)31)28(12-13(2)3)21(30)16-9-7-15(8-10-16)20-24-14(4)26-32-20/h7-10,13H,5-6,11-12,23H2,1-4H3,(H,25,29,31). The molecule has 10 heteroatoms. The highest BCUT2D eigenvalue weighted by Gasteiger charge is 2.26. The monoisotopic (exact) mass is 440 g/mol. The zero-order valence-corrected chi connectivity index (χ0v) is 18.7. The number of nitrogens with zero attached hydrogens (tertiary/aromatic N) is 4. The average Bonchev–Trinajstić information content (AvgIpc) is 3.18. The molecule has 0 saturated heterocycles. The minimum Gasteiger partial charge on any atom is -0.383 e. The number of aryl methyl sites for hydroxylation is 1. The van der Waals surface area contributed by atoms with Gasteiger partial charge in [0.2, 0.25) is 0 Å². The predicted molar refractivity (Wildman–Crippen MR) is 122 cm³/mol. The van der Waals surface area contributed by atoms with E-state index in [-0.39, 0.29) is 24.0 Å². The van der Waals surface area contributed by atoms with Crippen LogP contribution in [0.25, 0.3) is 11.5 Å². The van der Waals surface area contributed by atoms with Gasteiger partial charge in [0.1, 0.15) is 5.82 Å². The van der Waals surface area contributed by atoms with Gasteiger partial charge in [-0.3, -0.25) is 19.1 Å². The number of carbonyl (C=O) groups excluding carboxylic acids is 1. The number of benzene rings is 1. The first-order chi connectivity index (χ1) is 15.2. The molecule has 0 fully saturated rings. The quantitative estimate of drug-likeness (QED) is 0.548. The van der Waals surface area contributed by atoms with E-state index in [1.807, 2.05) is 20.8 Å². The number of rotatable bonds is 8. The minimum absolute atomic E-state index is 0.0147. The molecular weight excluding hydrogens is 412 g/mol. The third-order valence-electron chi connectivity index (χ3n) is 4.92. The molecule has 0 radical (unpaired) electrons. The van der Waals surface area contributed by atoms with Crippen LogP contribution in [-0.4, -0.2) is 32.1 Å². The van der Waals surface area contributed by atoms with Gasteiger partial charge in [-0.1, -0.05) is 32.3 Å². The van der Waals surface area contributed by atoms with Crippen molar-refractivity contribution in [2.75, 3.05) is 17.2 Å². The molecule has 0 aliphatic rings. The van der Waals surface area contributed by atoms with Crippen LogP contribution in [0.3, 0.4) is 0 Å². The number of nitrogens with two attached hydrogens (primary N) is 1. The summed E-state index contributed by atoms with van der Waals surface area (Å²) in [5.41, 5.74) is 5.98. The third-order valence-corrected chi connectivity index (χ3v) is 4.92. The van der Waals surface area contributed by atoms with Gasteiger partial charge in [-0.2, -0.15) is 4.98 Å². The number of aromatic amines is 1. The van der Waals surface area contributed by atoms with E-state index in [1.165, 1.54) is 9.47 Å². The van der Waals surface area contributed by atoms with Crippen LogP contribution in [0.1, 0.15) is 49.8 Å². The molecule has 0 saturated carbocycles. The second-order valence-electron chi connectivity index (χ2n) is 8.03. The fourth-order valence-electron chi connectivity index (χ4n) is 3.34. The van der Waals surface area contributed by atoms with Crippen LogP contribution < -0.4 is 21.9 Å². The molecule has 3 N–H and O–H groups in total. The topological polar surface area (TPSA) is 140 Å². The molecule has 1 amide bonds. The Morgan fingerprint density at radius 3 is 2.50 bits per heavy atom.